The van der Waals surface area contributed by atoms with Crippen molar-refractivity contribution in [3.05, 3.63) is 121 Å². The minimum absolute atomic E-state index is 0.691. The summed E-state index contributed by atoms with van der Waals surface area (Å²) in [6, 6.07) is 37.5. The molecule has 5 aromatic rings. The molecule has 0 saturated heterocycles. The summed E-state index contributed by atoms with van der Waals surface area (Å²) in [5, 5.41) is 10.4. The summed E-state index contributed by atoms with van der Waals surface area (Å²) in [7, 11) is 1.95. The van der Waals surface area contributed by atoms with Crippen LogP contribution >= 0.6 is 0 Å². The highest BCUT2D eigenvalue weighted by Gasteiger charge is 2.04. The Morgan fingerprint density at radius 2 is 0.872 bits per heavy atom. The lowest BCUT2D eigenvalue weighted by Crippen LogP contribution is -2.24. The highest BCUT2D eigenvalue weighted by atomic mass is 16.5. The van der Waals surface area contributed by atoms with Gasteiger partial charge in [-0.25, -0.2) is 0 Å². The Balaban J connectivity index is 1.13. The van der Waals surface area contributed by atoms with E-state index in [2.05, 4.69) is 15.7 Å². The number of hydrazine groups is 1. The van der Waals surface area contributed by atoms with Crippen LogP contribution in [0.25, 0.3) is 0 Å². The van der Waals surface area contributed by atoms with Crippen molar-refractivity contribution in [2.75, 3.05) is 28.9 Å². The van der Waals surface area contributed by atoms with Gasteiger partial charge in [-0.3, -0.25) is 10.4 Å². The molecule has 194 valence electrons. The minimum Gasteiger partial charge on any atom is -0.457 e. The molecule has 0 fully saturated rings. The number of rotatable bonds is 9. The Morgan fingerprint density at radius 3 is 1.33 bits per heavy atom. The van der Waals surface area contributed by atoms with Crippen LogP contribution in [0, 0.1) is 0 Å². The van der Waals surface area contributed by atoms with Crippen LogP contribution in [0.1, 0.15) is 0 Å². The fourth-order valence-electron chi connectivity index (χ4n) is 3.64. The predicted octanol–water partition coefficient (Wildman–Crippen LogP) is 8.31. The van der Waals surface area contributed by atoms with Crippen molar-refractivity contribution in [2.24, 2.45) is 10.2 Å². The Kier molecular flexibility index (Phi) is 7.55. The van der Waals surface area contributed by atoms with E-state index in [9.17, 15) is 0 Å². The van der Waals surface area contributed by atoms with Gasteiger partial charge in [-0.15, -0.1) is 0 Å². The average molecular weight is 517 g/mol. The zero-order valence-electron chi connectivity index (χ0n) is 21.4. The number of nitrogens with one attached hydrogen (secondary N) is 1. The van der Waals surface area contributed by atoms with Crippen LogP contribution in [-0.2, 0) is 0 Å². The molecule has 0 aliphatic rings. The van der Waals surface area contributed by atoms with Crippen LogP contribution < -0.4 is 31.4 Å². The topological polar surface area (TPSA) is 110 Å². The van der Waals surface area contributed by atoms with E-state index < -0.39 is 0 Å². The van der Waals surface area contributed by atoms with E-state index in [4.69, 9.17) is 20.9 Å². The lowest BCUT2D eigenvalue weighted by Gasteiger charge is -2.22. The van der Waals surface area contributed by atoms with Gasteiger partial charge in [0.1, 0.15) is 23.0 Å². The van der Waals surface area contributed by atoms with E-state index in [0.717, 1.165) is 34.2 Å². The van der Waals surface area contributed by atoms with Crippen LogP contribution in [0.5, 0.6) is 23.0 Å². The molecule has 8 heteroatoms. The van der Waals surface area contributed by atoms with Gasteiger partial charge >= 0.3 is 0 Å². The number of hydrogen-bond acceptors (Lipinski definition) is 8. The third-order valence-corrected chi connectivity index (χ3v) is 5.74. The highest BCUT2D eigenvalue weighted by Crippen LogP contribution is 2.29. The third kappa shape index (κ3) is 7.05. The molecule has 39 heavy (non-hydrogen) atoms. The number of benzene rings is 5. The molecule has 0 aliphatic heterocycles. The second-order valence-corrected chi connectivity index (χ2v) is 8.75. The lowest BCUT2D eigenvalue weighted by molar-refractivity contribution is 0.469. The van der Waals surface area contributed by atoms with Crippen molar-refractivity contribution in [3.63, 3.8) is 0 Å². The first-order valence-electron chi connectivity index (χ1n) is 12.3. The first-order chi connectivity index (χ1) is 19.0. The minimum atomic E-state index is 0.691. The molecular weight excluding hydrogens is 488 g/mol. The number of nitrogens with two attached hydrogens (primary N) is 2. The molecule has 0 atom stereocenters. The van der Waals surface area contributed by atoms with Gasteiger partial charge in [-0.1, -0.05) is 0 Å². The van der Waals surface area contributed by atoms with Gasteiger partial charge in [0.2, 0.25) is 0 Å². The summed E-state index contributed by atoms with van der Waals surface area (Å²) in [5.74, 6) is 2.84. The van der Waals surface area contributed by atoms with E-state index >= 15 is 0 Å². The smallest absolute Gasteiger partial charge is 0.127 e. The van der Waals surface area contributed by atoms with Crippen LogP contribution in [0.4, 0.5) is 34.1 Å². The summed E-state index contributed by atoms with van der Waals surface area (Å²) in [5.41, 5.74) is 19.6. The van der Waals surface area contributed by atoms with Crippen molar-refractivity contribution < 1.29 is 9.47 Å². The van der Waals surface area contributed by atoms with Gasteiger partial charge in [-0.05, 0) is 121 Å². The molecule has 0 spiro atoms. The summed E-state index contributed by atoms with van der Waals surface area (Å²) in [6.45, 7) is 0. The van der Waals surface area contributed by atoms with Gasteiger partial charge in [-0.2, -0.15) is 10.2 Å². The summed E-state index contributed by atoms with van der Waals surface area (Å²) in [4.78, 5) is 0. The number of anilines is 4. The number of nitrogens with zero attached hydrogens (tertiary/aromatic N) is 3. The first kappa shape index (κ1) is 25.2. The normalized spacial score (nSPS) is 10.8. The molecule has 0 bridgehead atoms. The van der Waals surface area contributed by atoms with Crippen molar-refractivity contribution in [1.29, 1.82) is 0 Å². The maximum Gasteiger partial charge on any atom is 0.127 e. The van der Waals surface area contributed by atoms with Crippen molar-refractivity contribution in [1.82, 2.24) is 0 Å². The molecular formula is C31H28N6O2. The number of ether oxygens (including phenoxy) is 2. The third-order valence-electron chi connectivity index (χ3n) is 5.74. The van der Waals surface area contributed by atoms with Crippen LogP contribution in [0.15, 0.2) is 132 Å². The number of hydrogen-bond donors (Lipinski definition) is 3. The van der Waals surface area contributed by atoms with Crippen LogP contribution in [0.2, 0.25) is 0 Å². The molecule has 5 aromatic carbocycles. The lowest BCUT2D eigenvalue weighted by atomic mass is 10.2. The number of azo groups is 1. The molecule has 0 heterocycles. The van der Waals surface area contributed by atoms with E-state index in [0.29, 0.717) is 22.9 Å². The monoisotopic (exact) mass is 516 g/mol. The van der Waals surface area contributed by atoms with Crippen molar-refractivity contribution in [2.45, 2.75) is 0 Å². The molecule has 5 N–H and O–H groups in total. The second-order valence-electron chi connectivity index (χ2n) is 8.75. The summed E-state index contributed by atoms with van der Waals surface area (Å²) < 4.78 is 11.9. The molecule has 5 rings (SSSR count). The molecule has 0 unspecified atom stereocenters. The number of nitrogen functional groups attached to an aromatic ring is 2. The Hall–Kier alpha value is -5.50. The maximum absolute atomic E-state index is 6.00. The molecule has 0 aliphatic carbocycles. The Morgan fingerprint density at radius 1 is 0.513 bits per heavy atom. The average Bonchev–Trinajstić information content (AvgIpc) is 2.96. The summed E-state index contributed by atoms with van der Waals surface area (Å²) in [6.07, 6.45) is 0. The highest BCUT2D eigenvalue weighted by molar-refractivity contribution is 5.58. The first-order valence-corrected chi connectivity index (χ1v) is 12.3. The van der Waals surface area contributed by atoms with Gasteiger partial charge in [0.05, 0.1) is 22.7 Å². The van der Waals surface area contributed by atoms with E-state index in [-0.39, 0.29) is 0 Å². The van der Waals surface area contributed by atoms with Crippen LogP contribution in [-0.4, -0.2) is 7.05 Å². The van der Waals surface area contributed by atoms with Crippen molar-refractivity contribution in [3.8, 4) is 23.0 Å². The van der Waals surface area contributed by atoms with Crippen LogP contribution in [0.3, 0.4) is 0 Å². The Bertz CT molecular complexity index is 1520. The second kappa shape index (κ2) is 11.7. The molecule has 0 amide bonds. The molecule has 0 aromatic heterocycles. The van der Waals surface area contributed by atoms with Gasteiger partial charge < -0.3 is 20.9 Å². The Labute approximate surface area is 227 Å². The van der Waals surface area contributed by atoms with Gasteiger partial charge in [0.15, 0.2) is 0 Å². The van der Waals surface area contributed by atoms with Crippen molar-refractivity contribution >= 4 is 34.1 Å². The predicted molar refractivity (Wildman–Crippen MR) is 157 cm³/mol. The zero-order valence-corrected chi connectivity index (χ0v) is 21.4. The zero-order chi connectivity index (χ0) is 27.0. The molecule has 0 radical (unpaired) electrons. The van der Waals surface area contributed by atoms with E-state index in [1.54, 1.807) is 12.1 Å². The fraction of sp³-hybridized carbons (Fsp3) is 0.0323. The largest absolute Gasteiger partial charge is 0.457 e. The quantitative estimate of drug-likeness (QED) is 0.103. The van der Waals surface area contributed by atoms with E-state index in [1.165, 1.54) is 0 Å². The maximum atomic E-state index is 6.00. The van der Waals surface area contributed by atoms with Gasteiger partial charge in [0, 0.05) is 18.4 Å². The standard InChI is InChI=1S/C31H28N6O2/c1-37(36-26-8-4-23(33)5-9-26)27-12-16-29(17-13-27)39-31-20-18-30(19-21-31)38-28-14-10-25(11-15-28)35-34-24-6-2-22(32)3-7-24/h2-21,36H,32-33H2,1H3. The molecule has 8 nitrogen and oxygen atoms in total. The fourth-order valence-corrected chi connectivity index (χ4v) is 3.64. The van der Waals surface area contributed by atoms with Gasteiger partial charge in [0.25, 0.3) is 0 Å². The van der Waals surface area contributed by atoms with E-state index in [1.807, 2.05) is 121 Å². The summed E-state index contributed by atoms with van der Waals surface area (Å²) >= 11 is 0. The SMILES string of the molecule is CN(Nc1ccc(N)cc1)c1ccc(Oc2ccc(Oc3ccc(N=Nc4ccc(N)cc4)cc3)cc2)cc1. The molecule has 0 saturated carbocycles.